The van der Waals surface area contributed by atoms with Gasteiger partial charge in [-0.2, -0.15) is 0 Å². The summed E-state index contributed by atoms with van der Waals surface area (Å²) < 4.78 is 4.74. The third-order valence-electron chi connectivity index (χ3n) is 3.65. The number of esters is 1. The minimum atomic E-state index is -0.320. The first kappa shape index (κ1) is 12.3. The number of fused-ring (bicyclic) bond motifs is 1. The maximum absolute atomic E-state index is 11.5. The van der Waals surface area contributed by atoms with Crippen LogP contribution in [-0.4, -0.2) is 18.1 Å². The van der Waals surface area contributed by atoms with Gasteiger partial charge in [0.05, 0.1) is 7.11 Å². The molecule has 1 aliphatic carbocycles. The lowest BCUT2D eigenvalue weighted by molar-refractivity contribution is 0.0594. The van der Waals surface area contributed by atoms with Gasteiger partial charge in [0.25, 0.3) is 0 Å². The first-order valence-corrected chi connectivity index (χ1v) is 6.62. The quantitative estimate of drug-likeness (QED) is 0.852. The fourth-order valence-corrected chi connectivity index (χ4v) is 2.96. The van der Waals surface area contributed by atoms with E-state index in [2.05, 4.69) is 11.1 Å². The van der Waals surface area contributed by atoms with Crippen molar-refractivity contribution in [1.29, 1.82) is 0 Å². The SMILES string of the molecule is COC(=O)c1cc2c([nH]1)CCC2c1cccc(Cl)c1. The van der Waals surface area contributed by atoms with Gasteiger partial charge in [0, 0.05) is 16.6 Å². The molecule has 0 bridgehead atoms. The lowest BCUT2D eigenvalue weighted by atomic mass is 9.94. The van der Waals surface area contributed by atoms with E-state index < -0.39 is 0 Å². The summed E-state index contributed by atoms with van der Waals surface area (Å²) in [5.74, 6) is -0.0115. The Bertz CT molecular complexity index is 633. The number of benzene rings is 1. The third kappa shape index (κ3) is 2.15. The van der Waals surface area contributed by atoms with Crippen molar-refractivity contribution in [2.75, 3.05) is 7.11 Å². The minimum absolute atomic E-state index is 0.309. The van der Waals surface area contributed by atoms with Crippen LogP contribution >= 0.6 is 11.6 Å². The van der Waals surface area contributed by atoms with Crippen LogP contribution in [0.3, 0.4) is 0 Å². The van der Waals surface area contributed by atoms with Crippen molar-refractivity contribution in [2.24, 2.45) is 0 Å². The van der Waals surface area contributed by atoms with E-state index in [0.717, 1.165) is 23.6 Å². The molecule has 3 nitrogen and oxygen atoms in total. The number of hydrogen-bond acceptors (Lipinski definition) is 2. The molecule has 0 spiro atoms. The Balaban J connectivity index is 1.97. The molecule has 2 aromatic rings. The summed E-state index contributed by atoms with van der Waals surface area (Å²) in [6.45, 7) is 0. The van der Waals surface area contributed by atoms with Gasteiger partial charge in [-0.15, -0.1) is 0 Å². The van der Waals surface area contributed by atoms with Gasteiger partial charge in [-0.3, -0.25) is 0 Å². The Morgan fingerprint density at radius 3 is 3.00 bits per heavy atom. The molecule has 1 aliphatic rings. The fourth-order valence-electron chi connectivity index (χ4n) is 2.76. The Morgan fingerprint density at radius 1 is 1.42 bits per heavy atom. The Labute approximate surface area is 116 Å². The van der Waals surface area contributed by atoms with E-state index in [0.29, 0.717) is 11.6 Å². The number of carbonyl (C=O) groups excluding carboxylic acids is 1. The smallest absolute Gasteiger partial charge is 0.354 e. The molecule has 4 heteroatoms. The molecule has 0 radical (unpaired) electrons. The van der Waals surface area contributed by atoms with E-state index in [1.165, 1.54) is 18.2 Å². The van der Waals surface area contributed by atoms with Crippen molar-refractivity contribution in [3.8, 4) is 0 Å². The number of hydrogen-bond donors (Lipinski definition) is 1. The molecule has 1 atom stereocenters. The Kier molecular flexibility index (Phi) is 3.07. The van der Waals surface area contributed by atoms with Crippen LogP contribution in [0.2, 0.25) is 5.02 Å². The molecule has 0 saturated carbocycles. The van der Waals surface area contributed by atoms with Gasteiger partial charge in [-0.1, -0.05) is 23.7 Å². The van der Waals surface area contributed by atoms with Gasteiger partial charge in [0.15, 0.2) is 0 Å². The molecular formula is C15H14ClNO2. The zero-order chi connectivity index (χ0) is 13.4. The highest BCUT2D eigenvalue weighted by atomic mass is 35.5. The summed E-state index contributed by atoms with van der Waals surface area (Å²) in [6, 6.07) is 9.81. The minimum Gasteiger partial charge on any atom is -0.464 e. The van der Waals surface area contributed by atoms with Crippen LogP contribution in [0.4, 0.5) is 0 Å². The maximum Gasteiger partial charge on any atom is 0.354 e. The molecule has 1 N–H and O–H groups in total. The van der Waals surface area contributed by atoms with Crippen LogP contribution in [0.25, 0.3) is 0 Å². The van der Waals surface area contributed by atoms with Crippen molar-refractivity contribution in [3.63, 3.8) is 0 Å². The van der Waals surface area contributed by atoms with Gasteiger partial charge in [0.2, 0.25) is 0 Å². The van der Waals surface area contributed by atoms with Crippen molar-refractivity contribution < 1.29 is 9.53 Å². The zero-order valence-corrected chi connectivity index (χ0v) is 11.3. The van der Waals surface area contributed by atoms with E-state index >= 15 is 0 Å². The number of carbonyl (C=O) groups is 1. The number of H-pyrrole nitrogens is 1. The van der Waals surface area contributed by atoms with Crippen molar-refractivity contribution in [2.45, 2.75) is 18.8 Å². The first-order valence-electron chi connectivity index (χ1n) is 6.24. The van der Waals surface area contributed by atoms with Crippen molar-refractivity contribution in [3.05, 3.63) is 57.9 Å². The van der Waals surface area contributed by atoms with Gasteiger partial charge >= 0.3 is 5.97 Å². The molecule has 0 saturated heterocycles. The molecule has 19 heavy (non-hydrogen) atoms. The number of methoxy groups -OCH3 is 1. The third-order valence-corrected chi connectivity index (χ3v) is 3.88. The lowest BCUT2D eigenvalue weighted by Gasteiger charge is -2.10. The highest BCUT2D eigenvalue weighted by molar-refractivity contribution is 6.30. The van der Waals surface area contributed by atoms with Crippen molar-refractivity contribution in [1.82, 2.24) is 4.98 Å². The van der Waals surface area contributed by atoms with Crippen LogP contribution in [0.15, 0.2) is 30.3 Å². The van der Waals surface area contributed by atoms with Gasteiger partial charge in [0.1, 0.15) is 5.69 Å². The number of aryl methyl sites for hydroxylation is 1. The molecule has 0 fully saturated rings. The summed E-state index contributed by atoms with van der Waals surface area (Å²) in [5.41, 5.74) is 4.04. The fraction of sp³-hybridized carbons (Fsp3) is 0.267. The number of halogens is 1. The van der Waals surface area contributed by atoms with E-state index in [1.807, 2.05) is 24.3 Å². The summed E-state index contributed by atoms with van der Waals surface area (Å²) in [5, 5.41) is 0.745. The van der Waals surface area contributed by atoms with E-state index in [-0.39, 0.29) is 5.97 Å². The molecule has 1 aromatic carbocycles. The second-order valence-corrected chi connectivity index (χ2v) is 5.19. The van der Waals surface area contributed by atoms with E-state index in [9.17, 15) is 4.79 Å². The number of nitrogens with one attached hydrogen (secondary N) is 1. The first-order chi connectivity index (χ1) is 9.19. The second kappa shape index (κ2) is 4.74. The van der Waals surface area contributed by atoms with Crippen LogP contribution in [0, 0.1) is 0 Å². The lowest BCUT2D eigenvalue weighted by Crippen LogP contribution is -2.02. The van der Waals surface area contributed by atoms with Gasteiger partial charge in [-0.05, 0) is 42.2 Å². The van der Waals surface area contributed by atoms with Gasteiger partial charge in [-0.25, -0.2) is 4.79 Å². The molecule has 1 unspecified atom stereocenters. The van der Waals surface area contributed by atoms with Crippen molar-refractivity contribution >= 4 is 17.6 Å². The van der Waals surface area contributed by atoms with Crippen LogP contribution in [-0.2, 0) is 11.2 Å². The monoisotopic (exact) mass is 275 g/mol. The number of aromatic amines is 1. The topological polar surface area (TPSA) is 42.1 Å². The average molecular weight is 276 g/mol. The molecule has 98 valence electrons. The standard InChI is InChI=1S/C15H14ClNO2/c1-19-15(18)14-8-12-11(5-6-13(12)17-14)9-3-2-4-10(16)7-9/h2-4,7-8,11,17H,5-6H2,1H3. The number of rotatable bonds is 2. The van der Waals surface area contributed by atoms with Crippen LogP contribution in [0.5, 0.6) is 0 Å². The average Bonchev–Trinajstić information content (AvgIpc) is 2.97. The highest BCUT2D eigenvalue weighted by Crippen LogP contribution is 2.39. The van der Waals surface area contributed by atoms with E-state index in [4.69, 9.17) is 16.3 Å². The molecule has 0 amide bonds. The Morgan fingerprint density at radius 2 is 2.26 bits per heavy atom. The summed E-state index contributed by atoms with van der Waals surface area (Å²) in [4.78, 5) is 14.7. The molecular weight excluding hydrogens is 262 g/mol. The Hall–Kier alpha value is -1.74. The second-order valence-electron chi connectivity index (χ2n) is 4.75. The summed E-state index contributed by atoms with van der Waals surface area (Å²) in [6.07, 6.45) is 1.99. The normalized spacial score (nSPS) is 17.3. The van der Waals surface area contributed by atoms with Crippen LogP contribution in [0.1, 0.15) is 39.6 Å². The number of ether oxygens (including phenoxy) is 1. The highest BCUT2D eigenvalue weighted by Gasteiger charge is 2.27. The molecule has 1 aromatic heterocycles. The van der Waals surface area contributed by atoms with Gasteiger partial charge < -0.3 is 9.72 Å². The summed E-state index contributed by atoms with van der Waals surface area (Å²) in [7, 11) is 1.39. The predicted octanol–water partition coefficient (Wildman–Crippen LogP) is 3.53. The van der Waals surface area contributed by atoms with E-state index in [1.54, 1.807) is 0 Å². The molecule has 1 heterocycles. The number of aromatic nitrogens is 1. The summed E-state index contributed by atoms with van der Waals surface area (Å²) >= 11 is 6.05. The largest absolute Gasteiger partial charge is 0.464 e. The zero-order valence-electron chi connectivity index (χ0n) is 10.6. The molecule has 0 aliphatic heterocycles. The molecule has 3 rings (SSSR count). The predicted molar refractivity (Wildman–Crippen MR) is 73.7 cm³/mol. The van der Waals surface area contributed by atoms with Crippen LogP contribution < -0.4 is 0 Å². The maximum atomic E-state index is 11.5.